The zero-order valence-corrected chi connectivity index (χ0v) is 14.9. The predicted octanol–water partition coefficient (Wildman–Crippen LogP) is 4.45. The number of hydrogen-bond donors (Lipinski definition) is 0. The summed E-state index contributed by atoms with van der Waals surface area (Å²) in [6.07, 6.45) is 0.355. The number of carbonyl (C=O) groups is 1. The van der Waals surface area contributed by atoms with Crippen molar-refractivity contribution in [2.45, 2.75) is 12.0 Å². The molecule has 0 N–H and O–H groups in total. The summed E-state index contributed by atoms with van der Waals surface area (Å²) in [6.45, 7) is 0. The molecule has 4 heteroatoms. The first-order valence-corrected chi connectivity index (χ1v) is 9.08. The molecule has 2 heterocycles. The maximum atomic E-state index is 13.0. The molecule has 0 bridgehead atoms. The molecule has 5 rings (SSSR count). The van der Waals surface area contributed by atoms with Crippen LogP contribution in [0.4, 0.5) is 0 Å². The SMILES string of the molecule is O=C1OC(c2ccccc2)(c2ccccc2)Cc2c1c(=O)oc1ccccc21. The summed E-state index contributed by atoms with van der Waals surface area (Å²) >= 11 is 0. The highest BCUT2D eigenvalue weighted by Gasteiger charge is 2.45. The van der Waals surface area contributed by atoms with Gasteiger partial charge in [-0.15, -0.1) is 0 Å². The first-order chi connectivity index (χ1) is 13.7. The molecule has 0 unspecified atom stereocenters. The fourth-order valence-electron chi connectivity index (χ4n) is 4.00. The third kappa shape index (κ3) is 2.38. The Labute approximate surface area is 161 Å². The molecular weight excluding hydrogens is 352 g/mol. The van der Waals surface area contributed by atoms with Crippen molar-refractivity contribution >= 4 is 16.9 Å². The van der Waals surface area contributed by atoms with Crippen molar-refractivity contribution in [3.8, 4) is 0 Å². The number of ether oxygens (including phenoxy) is 1. The van der Waals surface area contributed by atoms with Crippen LogP contribution < -0.4 is 5.63 Å². The van der Waals surface area contributed by atoms with E-state index in [1.165, 1.54) is 0 Å². The Bertz CT molecular complexity index is 1200. The van der Waals surface area contributed by atoms with Crippen molar-refractivity contribution in [1.29, 1.82) is 0 Å². The van der Waals surface area contributed by atoms with Crippen molar-refractivity contribution < 1.29 is 13.9 Å². The van der Waals surface area contributed by atoms with Crippen LogP contribution in [-0.4, -0.2) is 5.97 Å². The Morgan fingerprint density at radius 3 is 1.93 bits per heavy atom. The van der Waals surface area contributed by atoms with Crippen LogP contribution in [-0.2, 0) is 16.8 Å². The molecule has 1 aliphatic heterocycles. The van der Waals surface area contributed by atoms with E-state index >= 15 is 0 Å². The Kier molecular flexibility index (Phi) is 3.66. The van der Waals surface area contributed by atoms with Crippen molar-refractivity contribution in [3.63, 3.8) is 0 Å². The minimum Gasteiger partial charge on any atom is -0.445 e. The van der Waals surface area contributed by atoms with Gasteiger partial charge in [0.25, 0.3) is 0 Å². The fourth-order valence-corrected chi connectivity index (χ4v) is 4.00. The summed E-state index contributed by atoms with van der Waals surface area (Å²) in [5.74, 6) is -0.659. The van der Waals surface area contributed by atoms with Crippen LogP contribution in [0.3, 0.4) is 0 Å². The molecule has 28 heavy (non-hydrogen) atoms. The zero-order chi connectivity index (χ0) is 19.1. The molecule has 3 aromatic carbocycles. The average molecular weight is 368 g/mol. The van der Waals surface area contributed by atoms with Gasteiger partial charge in [0.2, 0.25) is 0 Å². The first kappa shape index (κ1) is 16.5. The van der Waals surface area contributed by atoms with Gasteiger partial charge in [-0.3, -0.25) is 0 Å². The molecule has 1 aliphatic rings. The van der Waals surface area contributed by atoms with Crippen LogP contribution in [0.15, 0.2) is 94.1 Å². The number of hydrogen-bond acceptors (Lipinski definition) is 4. The Morgan fingerprint density at radius 2 is 1.29 bits per heavy atom. The normalized spacial score (nSPS) is 15.1. The second-order valence-electron chi connectivity index (χ2n) is 6.86. The van der Waals surface area contributed by atoms with Crippen molar-refractivity contribution in [3.05, 3.63) is 118 Å². The zero-order valence-electron chi connectivity index (χ0n) is 14.9. The minimum atomic E-state index is -1.01. The summed E-state index contributed by atoms with van der Waals surface area (Å²) in [7, 11) is 0. The van der Waals surface area contributed by atoms with Crippen LogP contribution in [0, 0.1) is 0 Å². The molecule has 0 saturated heterocycles. The van der Waals surface area contributed by atoms with Gasteiger partial charge in [0.05, 0.1) is 0 Å². The van der Waals surface area contributed by atoms with Crippen LogP contribution >= 0.6 is 0 Å². The van der Waals surface area contributed by atoms with E-state index in [2.05, 4.69) is 0 Å². The molecule has 4 aromatic rings. The number of rotatable bonds is 2. The monoisotopic (exact) mass is 368 g/mol. The number of cyclic esters (lactones) is 1. The molecule has 0 saturated carbocycles. The van der Waals surface area contributed by atoms with E-state index in [0.717, 1.165) is 16.5 Å². The van der Waals surface area contributed by atoms with Crippen molar-refractivity contribution in [2.24, 2.45) is 0 Å². The lowest BCUT2D eigenvalue weighted by molar-refractivity contribution is -0.00793. The van der Waals surface area contributed by atoms with Gasteiger partial charge in [-0.25, -0.2) is 9.59 Å². The third-order valence-corrected chi connectivity index (χ3v) is 5.30. The Hall–Kier alpha value is -3.66. The number of esters is 1. The fraction of sp³-hybridized carbons (Fsp3) is 0.0833. The van der Waals surface area contributed by atoms with Gasteiger partial charge in [0.15, 0.2) is 5.60 Å². The van der Waals surface area contributed by atoms with Gasteiger partial charge in [-0.2, -0.15) is 0 Å². The predicted molar refractivity (Wildman–Crippen MR) is 105 cm³/mol. The van der Waals surface area contributed by atoms with Gasteiger partial charge in [0, 0.05) is 22.9 Å². The topological polar surface area (TPSA) is 56.5 Å². The molecular formula is C24H16O4. The standard InChI is InChI=1S/C24H16O4/c25-22-21-19(18-13-7-8-14-20(18)27-22)15-24(28-23(21)26,16-9-3-1-4-10-16)17-11-5-2-6-12-17/h1-14H,15H2. The largest absolute Gasteiger partial charge is 0.445 e. The molecule has 4 nitrogen and oxygen atoms in total. The lowest BCUT2D eigenvalue weighted by Gasteiger charge is -2.38. The summed E-state index contributed by atoms with van der Waals surface area (Å²) in [5, 5.41) is 0.755. The summed E-state index contributed by atoms with van der Waals surface area (Å²) < 4.78 is 11.4. The number of para-hydroxylation sites is 1. The Balaban J connectivity index is 1.84. The minimum absolute atomic E-state index is 0.0128. The molecule has 0 spiro atoms. The lowest BCUT2D eigenvalue weighted by Crippen LogP contribution is -2.42. The van der Waals surface area contributed by atoms with E-state index in [-0.39, 0.29) is 5.56 Å². The molecule has 136 valence electrons. The van der Waals surface area contributed by atoms with Gasteiger partial charge >= 0.3 is 11.6 Å². The summed E-state index contributed by atoms with van der Waals surface area (Å²) in [5.41, 5.74) is 1.17. The van der Waals surface area contributed by atoms with Crippen LogP contribution in [0.2, 0.25) is 0 Å². The quantitative estimate of drug-likeness (QED) is 0.387. The first-order valence-electron chi connectivity index (χ1n) is 9.08. The van der Waals surface area contributed by atoms with Crippen LogP contribution in [0.1, 0.15) is 27.0 Å². The maximum absolute atomic E-state index is 13.0. The van der Waals surface area contributed by atoms with E-state index < -0.39 is 17.2 Å². The smallest absolute Gasteiger partial charge is 0.351 e. The summed E-state index contributed by atoms with van der Waals surface area (Å²) in [4.78, 5) is 25.5. The van der Waals surface area contributed by atoms with Crippen LogP contribution in [0.5, 0.6) is 0 Å². The third-order valence-electron chi connectivity index (χ3n) is 5.30. The molecule has 0 atom stereocenters. The maximum Gasteiger partial charge on any atom is 0.351 e. The van der Waals surface area contributed by atoms with Crippen molar-refractivity contribution in [2.75, 3.05) is 0 Å². The van der Waals surface area contributed by atoms with E-state index in [4.69, 9.17) is 9.15 Å². The summed E-state index contributed by atoms with van der Waals surface area (Å²) in [6, 6.07) is 26.6. The van der Waals surface area contributed by atoms with Crippen molar-refractivity contribution in [1.82, 2.24) is 0 Å². The number of benzene rings is 3. The van der Waals surface area contributed by atoms with Crippen LogP contribution in [0.25, 0.3) is 11.0 Å². The molecule has 0 radical (unpaired) electrons. The van der Waals surface area contributed by atoms with Gasteiger partial charge in [-0.05, 0) is 11.6 Å². The van der Waals surface area contributed by atoms with E-state index in [9.17, 15) is 9.59 Å². The Morgan fingerprint density at radius 1 is 0.714 bits per heavy atom. The van der Waals surface area contributed by atoms with E-state index in [0.29, 0.717) is 17.6 Å². The highest BCUT2D eigenvalue weighted by Crippen LogP contribution is 2.42. The molecule has 0 aliphatic carbocycles. The second-order valence-corrected chi connectivity index (χ2v) is 6.86. The molecule has 1 aromatic heterocycles. The molecule has 0 fully saturated rings. The van der Waals surface area contributed by atoms with E-state index in [1.54, 1.807) is 12.1 Å². The highest BCUT2D eigenvalue weighted by atomic mass is 16.6. The van der Waals surface area contributed by atoms with Gasteiger partial charge in [-0.1, -0.05) is 78.9 Å². The average Bonchev–Trinajstić information content (AvgIpc) is 2.74. The van der Waals surface area contributed by atoms with E-state index in [1.807, 2.05) is 72.8 Å². The second kappa shape index (κ2) is 6.20. The van der Waals surface area contributed by atoms with Gasteiger partial charge < -0.3 is 9.15 Å². The number of fused-ring (bicyclic) bond motifs is 3. The highest BCUT2D eigenvalue weighted by molar-refractivity contribution is 5.98. The lowest BCUT2D eigenvalue weighted by atomic mass is 9.78. The van der Waals surface area contributed by atoms with Gasteiger partial charge in [0.1, 0.15) is 11.1 Å². The number of carbonyl (C=O) groups excluding carboxylic acids is 1. The molecule has 0 amide bonds.